The predicted molar refractivity (Wildman–Crippen MR) is 124 cm³/mol. The van der Waals surface area contributed by atoms with E-state index in [1.165, 1.54) is 4.31 Å². The zero-order valence-corrected chi connectivity index (χ0v) is 18.9. The molecule has 1 aliphatic rings. The van der Waals surface area contributed by atoms with E-state index in [0.717, 1.165) is 16.7 Å². The zero-order chi connectivity index (χ0) is 22.9. The number of sulfonamides is 1. The molecule has 0 aliphatic carbocycles. The van der Waals surface area contributed by atoms with Crippen molar-refractivity contribution < 1.29 is 23.1 Å². The van der Waals surface area contributed by atoms with Gasteiger partial charge in [0.05, 0.1) is 17.1 Å². The number of halogens is 1. The van der Waals surface area contributed by atoms with Crippen molar-refractivity contribution in [1.29, 1.82) is 0 Å². The van der Waals surface area contributed by atoms with Crippen LogP contribution in [0.25, 0.3) is 11.1 Å². The number of aliphatic carboxylic acids is 1. The third-order valence-electron chi connectivity index (χ3n) is 5.31. The number of nitrogens with zero attached hydrogens (tertiary/aromatic N) is 1. The number of anilines is 1. The molecular weight excluding hydrogens is 450 g/mol. The van der Waals surface area contributed by atoms with Crippen molar-refractivity contribution in [3.63, 3.8) is 0 Å². The van der Waals surface area contributed by atoms with E-state index >= 15 is 0 Å². The molecule has 1 heterocycles. The van der Waals surface area contributed by atoms with Crippen molar-refractivity contribution in [1.82, 2.24) is 0 Å². The van der Waals surface area contributed by atoms with Crippen LogP contribution in [0.5, 0.6) is 5.75 Å². The van der Waals surface area contributed by atoms with Gasteiger partial charge >= 0.3 is 5.97 Å². The second-order valence-electron chi connectivity index (χ2n) is 7.72. The van der Waals surface area contributed by atoms with Gasteiger partial charge in [-0.25, -0.2) is 8.42 Å². The lowest BCUT2D eigenvalue weighted by molar-refractivity contribution is -0.137. The van der Waals surface area contributed by atoms with E-state index in [1.54, 1.807) is 36.4 Å². The van der Waals surface area contributed by atoms with Crippen molar-refractivity contribution in [2.75, 3.05) is 10.8 Å². The molecule has 0 saturated carbocycles. The first-order valence-corrected chi connectivity index (χ1v) is 11.9. The quantitative estimate of drug-likeness (QED) is 0.538. The Morgan fingerprint density at radius 2 is 1.84 bits per heavy atom. The molecule has 1 atom stereocenters. The highest BCUT2D eigenvalue weighted by molar-refractivity contribution is 7.92. The summed E-state index contributed by atoms with van der Waals surface area (Å²) in [5.41, 5.74) is 2.88. The minimum Gasteiger partial charge on any atom is -0.486 e. The molecule has 166 valence electrons. The van der Waals surface area contributed by atoms with E-state index in [-0.39, 0.29) is 24.3 Å². The third-order valence-corrected chi connectivity index (χ3v) is 7.32. The lowest BCUT2D eigenvalue weighted by Crippen LogP contribution is -2.43. The summed E-state index contributed by atoms with van der Waals surface area (Å²) in [6.45, 7) is 1.86. The van der Waals surface area contributed by atoms with Crippen LogP contribution in [-0.2, 0) is 14.8 Å². The summed E-state index contributed by atoms with van der Waals surface area (Å²) >= 11 is 6.13. The number of aryl methyl sites for hydroxylation is 1. The Hall–Kier alpha value is -3.03. The van der Waals surface area contributed by atoms with Crippen molar-refractivity contribution in [2.24, 2.45) is 0 Å². The summed E-state index contributed by atoms with van der Waals surface area (Å²) in [5.74, 6) is -0.558. The summed E-state index contributed by atoms with van der Waals surface area (Å²) in [4.78, 5) is 11.2. The summed E-state index contributed by atoms with van der Waals surface area (Å²) in [5, 5.41) is 9.64. The van der Waals surface area contributed by atoms with Gasteiger partial charge in [0.2, 0.25) is 0 Å². The molecule has 0 radical (unpaired) electrons. The number of hydrogen-bond donors (Lipinski definition) is 1. The standard InChI is InChI=1S/C24H22ClNO5S/c1-16-4-2-7-21(12-16)32(29,30)26-15-20(9-11-24(27)28)31-23-10-8-18(14-22(23)26)17-5-3-6-19(25)13-17/h2-8,10,12-14,20H,9,11,15H2,1H3,(H,27,28)/t20-/m1/s1. The fraction of sp³-hybridized carbons (Fsp3) is 0.208. The maximum Gasteiger partial charge on any atom is 0.303 e. The van der Waals surface area contributed by atoms with Gasteiger partial charge in [0.15, 0.2) is 0 Å². The molecule has 3 aromatic carbocycles. The number of ether oxygens (including phenoxy) is 1. The number of carbonyl (C=O) groups is 1. The Morgan fingerprint density at radius 1 is 1.09 bits per heavy atom. The zero-order valence-electron chi connectivity index (χ0n) is 17.4. The van der Waals surface area contributed by atoms with E-state index in [1.807, 2.05) is 37.3 Å². The van der Waals surface area contributed by atoms with Crippen LogP contribution in [0.4, 0.5) is 5.69 Å². The molecule has 6 nitrogen and oxygen atoms in total. The molecule has 0 saturated heterocycles. The maximum atomic E-state index is 13.6. The molecule has 4 rings (SSSR count). The Labute approximate surface area is 192 Å². The number of fused-ring (bicyclic) bond motifs is 1. The van der Waals surface area contributed by atoms with Gasteiger partial charge in [-0.15, -0.1) is 0 Å². The topological polar surface area (TPSA) is 83.9 Å². The SMILES string of the molecule is Cc1cccc(S(=O)(=O)N2C[C@@H](CCC(=O)O)Oc3ccc(-c4cccc(Cl)c4)cc32)c1. The van der Waals surface area contributed by atoms with Gasteiger partial charge in [-0.2, -0.15) is 0 Å². The van der Waals surface area contributed by atoms with E-state index < -0.39 is 22.1 Å². The van der Waals surface area contributed by atoms with Crippen molar-refractivity contribution in [3.05, 3.63) is 77.3 Å². The third kappa shape index (κ3) is 4.59. The first-order chi connectivity index (χ1) is 15.2. The van der Waals surface area contributed by atoms with Crippen molar-refractivity contribution in [2.45, 2.75) is 30.8 Å². The molecule has 1 aliphatic heterocycles. The average Bonchev–Trinajstić information content (AvgIpc) is 2.76. The van der Waals surface area contributed by atoms with Crippen LogP contribution in [0.2, 0.25) is 5.02 Å². The Balaban J connectivity index is 1.80. The number of rotatable bonds is 6. The normalized spacial score (nSPS) is 15.7. The molecule has 32 heavy (non-hydrogen) atoms. The van der Waals surface area contributed by atoms with Gasteiger partial charge in [-0.3, -0.25) is 9.10 Å². The Bertz CT molecular complexity index is 1270. The lowest BCUT2D eigenvalue weighted by Gasteiger charge is -2.35. The molecule has 0 unspecified atom stereocenters. The Kier molecular flexibility index (Phi) is 6.13. The van der Waals surface area contributed by atoms with Gasteiger partial charge in [-0.05, 0) is 66.4 Å². The fourth-order valence-electron chi connectivity index (χ4n) is 3.72. The van der Waals surface area contributed by atoms with Gasteiger partial charge in [0.1, 0.15) is 11.9 Å². The summed E-state index contributed by atoms with van der Waals surface area (Å²) < 4.78 is 34.5. The molecule has 0 aromatic heterocycles. The van der Waals surface area contributed by atoms with E-state index in [0.29, 0.717) is 16.5 Å². The number of carboxylic acid groups (broad SMARTS) is 1. The summed E-state index contributed by atoms with van der Waals surface area (Å²) in [7, 11) is -3.90. The molecule has 0 spiro atoms. The molecule has 8 heteroatoms. The number of benzene rings is 3. The largest absolute Gasteiger partial charge is 0.486 e. The van der Waals surface area contributed by atoms with Crippen LogP contribution in [-0.4, -0.2) is 32.1 Å². The molecule has 3 aromatic rings. The fourth-order valence-corrected chi connectivity index (χ4v) is 5.52. The van der Waals surface area contributed by atoms with Crippen LogP contribution in [0.3, 0.4) is 0 Å². The summed E-state index contributed by atoms with van der Waals surface area (Å²) in [6.07, 6.45) is -0.487. The number of carboxylic acids is 1. The van der Waals surface area contributed by atoms with Crippen molar-refractivity contribution >= 4 is 33.3 Å². The second kappa shape index (κ2) is 8.84. The van der Waals surface area contributed by atoms with Gasteiger partial charge in [0, 0.05) is 11.4 Å². The predicted octanol–water partition coefficient (Wildman–Crippen LogP) is 5.14. The minimum absolute atomic E-state index is 0.0234. The minimum atomic E-state index is -3.90. The van der Waals surface area contributed by atoms with Crippen molar-refractivity contribution in [3.8, 4) is 16.9 Å². The monoisotopic (exact) mass is 471 g/mol. The molecular formula is C24H22ClNO5S. The van der Waals surface area contributed by atoms with Crippen LogP contribution >= 0.6 is 11.6 Å². The van der Waals surface area contributed by atoms with Crippen LogP contribution in [0.15, 0.2) is 71.6 Å². The maximum absolute atomic E-state index is 13.6. The average molecular weight is 472 g/mol. The highest BCUT2D eigenvalue weighted by atomic mass is 35.5. The molecule has 0 fully saturated rings. The highest BCUT2D eigenvalue weighted by Gasteiger charge is 2.35. The number of hydrogen-bond acceptors (Lipinski definition) is 4. The highest BCUT2D eigenvalue weighted by Crippen LogP contribution is 2.40. The van der Waals surface area contributed by atoms with E-state index in [2.05, 4.69) is 0 Å². The van der Waals surface area contributed by atoms with Crippen LogP contribution in [0, 0.1) is 6.92 Å². The molecule has 1 N–H and O–H groups in total. The lowest BCUT2D eigenvalue weighted by atomic mass is 10.0. The summed E-state index contributed by atoms with van der Waals surface area (Å²) in [6, 6.07) is 19.3. The first kappa shape index (κ1) is 22.2. The van der Waals surface area contributed by atoms with Gasteiger partial charge < -0.3 is 9.84 Å². The van der Waals surface area contributed by atoms with E-state index in [4.69, 9.17) is 21.4 Å². The van der Waals surface area contributed by atoms with Crippen LogP contribution in [0.1, 0.15) is 18.4 Å². The second-order valence-corrected chi connectivity index (χ2v) is 10.0. The van der Waals surface area contributed by atoms with E-state index in [9.17, 15) is 13.2 Å². The van der Waals surface area contributed by atoms with Gasteiger partial charge in [-0.1, -0.05) is 41.9 Å². The first-order valence-electron chi connectivity index (χ1n) is 10.1. The Morgan fingerprint density at radius 3 is 2.56 bits per heavy atom. The smallest absolute Gasteiger partial charge is 0.303 e. The molecule has 0 amide bonds. The van der Waals surface area contributed by atoms with Gasteiger partial charge in [0.25, 0.3) is 10.0 Å². The van der Waals surface area contributed by atoms with Crippen LogP contribution < -0.4 is 9.04 Å². The molecule has 0 bridgehead atoms.